The van der Waals surface area contributed by atoms with E-state index >= 15 is 0 Å². The third-order valence-electron chi connectivity index (χ3n) is 4.46. The van der Waals surface area contributed by atoms with Crippen molar-refractivity contribution >= 4 is 11.9 Å². The molecule has 2 aliphatic heterocycles. The van der Waals surface area contributed by atoms with Crippen molar-refractivity contribution in [2.75, 3.05) is 45.8 Å². The van der Waals surface area contributed by atoms with Gasteiger partial charge < -0.3 is 20.9 Å². The first-order valence-corrected chi connectivity index (χ1v) is 8.91. The summed E-state index contributed by atoms with van der Waals surface area (Å²) in [6.07, 6.45) is 3.51. The molecule has 2 heterocycles. The zero-order valence-electron chi connectivity index (χ0n) is 14.4. The molecule has 0 aromatic carbocycles. The lowest BCUT2D eigenvalue weighted by Gasteiger charge is -2.48. The first kappa shape index (κ1) is 19.1. The number of hydrogen-bond acceptors (Lipinski definition) is 8. The summed E-state index contributed by atoms with van der Waals surface area (Å²) in [5, 5.41) is 0. The Labute approximate surface area is 143 Å². The van der Waals surface area contributed by atoms with Gasteiger partial charge in [0.15, 0.2) is 0 Å². The number of hydrogen-bond donors (Lipinski definition) is 2. The predicted molar refractivity (Wildman–Crippen MR) is 88.7 cm³/mol. The average Bonchev–Trinajstić information content (AvgIpc) is 2.61. The summed E-state index contributed by atoms with van der Waals surface area (Å²) in [4.78, 5) is 28.5. The van der Waals surface area contributed by atoms with E-state index in [4.69, 9.17) is 20.9 Å². The molecule has 1 spiro atoms. The summed E-state index contributed by atoms with van der Waals surface area (Å²) in [6.45, 7) is 4.38. The summed E-state index contributed by atoms with van der Waals surface area (Å²) in [6, 6.07) is 0. The van der Waals surface area contributed by atoms with Crippen molar-refractivity contribution in [3.05, 3.63) is 0 Å². The number of ether oxygens (including phenoxy) is 2. The molecule has 138 valence electrons. The highest BCUT2D eigenvalue weighted by molar-refractivity contribution is 5.73. The molecule has 0 radical (unpaired) electrons. The fourth-order valence-electron chi connectivity index (χ4n) is 3.18. The topological polar surface area (TPSA) is 111 Å². The van der Waals surface area contributed by atoms with Gasteiger partial charge in [-0.3, -0.25) is 14.5 Å². The van der Waals surface area contributed by atoms with E-state index in [1.54, 1.807) is 0 Å². The molecule has 0 bridgehead atoms. The van der Waals surface area contributed by atoms with Crippen molar-refractivity contribution in [2.24, 2.45) is 11.5 Å². The minimum atomic E-state index is -1.33. The van der Waals surface area contributed by atoms with Gasteiger partial charge in [0.2, 0.25) is 0 Å². The van der Waals surface area contributed by atoms with Gasteiger partial charge in [-0.05, 0) is 45.3 Å². The van der Waals surface area contributed by atoms with Crippen LogP contribution in [-0.2, 0) is 19.1 Å². The van der Waals surface area contributed by atoms with Gasteiger partial charge in [0.25, 0.3) is 0 Å². The number of carbonyl (C=O) groups excluding carboxylic acids is 2. The minimum absolute atomic E-state index is 0.311. The van der Waals surface area contributed by atoms with Crippen molar-refractivity contribution < 1.29 is 19.1 Å². The lowest BCUT2D eigenvalue weighted by molar-refractivity contribution is -0.305. The molecule has 24 heavy (non-hydrogen) atoms. The first-order chi connectivity index (χ1) is 11.6. The van der Waals surface area contributed by atoms with Crippen LogP contribution in [0.4, 0.5) is 0 Å². The van der Waals surface area contributed by atoms with E-state index < -0.39 is 5.91 Å². The van der Waals surface area contributed by atoms with E-state index in [1.165, 1.54) is 0 Å². The quantitative estimate of drug-likeness (QED) is 0.628. The fraction of sp³-hybridized carbons (Fsp3) is 0.875. The maximum atomic E-state index is 12.2. The van der Waals surface area contributed by atoms with Crippen molar-refractivity contribution in [3.63, 3.8) is 0 Å². The first-order valence-electron chi connectivity index (χ1n) is 8.91. The molecule has 0 amide bonds. The highest BCUT2D eigenvalue weighted by atomic mass is 16.8. The molecular weight excluding hydrogens is 312 g/mol. The Morgan fingerprint density at radius 2 is 1.50 bits per heavy atom. The van der Waals surface area contributed by atoms with Crippen LogP contribution in [0.5, 0.6) is 0 Å². The van der Waals surface area contributed by atoms with Gasteiger partial charge in [0.1, 0.15) is 0 Å². The van der Waals surface area contributed by atoms with Crippen molar-refractivity contribution in [2.45, 2.75) is 44.4 Å². The zero-order chi connectivity index (χ0) is 17.4. The van der Waals surface area contributed by atoms with E-state index in [0.29, 0.717) is 58.4 Å². The molecule has 0 atom stereocenters. The number of nitrogens with zero attached hydrogens (tertiary/aromatic N) is 2. The number of nitrogens with two attached hydrogens (primary N) is 2. The molecular formula is C16H30N4O4. The minimum Gasteiger partial charge on any atom is -0.407 e. The third kappa shape index (κ3) is 5.14. The zero-order valence-corrected chi connectivity index (χ0v) is 14.4. The van der Waals surface area contributed by atoms with E-state index in [9.17, 15) is 9.59 Å². The van der Waals surface area contributed by atoms with Gasteiger partial charge in [-0.2, -0.15) is 0 Å². The molecule has 0 saturated carbocycles. The Morgan fingerprint density at radius 3 is 2.08 bits per heavy atom. The Bertz CT molecular complexity index is 412. The second-order valence-electron chi connectivity index (χ2n) is 6.42. The predicted octanol–water partition coefficient (Wildman–Crippen LogP) is -0.384. The molecule has 0 aliphatic carbocycles. The smallest absolute Gasteiger partial charge is 0.333 e. The van der Waals surface area contributed by atoms with Crippen LogP contribution in [-0.4, -0.2) is 73.5 Å². The SMILES string of the molecule is NCCCN1CCN(CCCN)C2(C1)OC(=O)CCCCC(=O)O2. The number of rotatable bonds is 6. The molecule has 2 rings (SSSR count). The van der Waals surface area contributed by atoms with Crippen LogP contribution in [0.3, 0.4) is 0 Å². The summed E-state index contributed by atoms with van der Waals surface area (Å²) < 4.78 is 11.4. The van der Waals surface area contributed by atoms with Crippen LogP contribution in [0.1, 0.15) is 38.5 Å². The largest absolute Gasteiger partial charge is 0.407 e. The summed E-state index contributed by atoms with van der Waals surface area (Å²) in [5.41, 5.74) is 11.2. The summed E-state index contributed by atoms with van der Waals surface area (Å²) in [5.74, 6) is -1.97. The second kappa shape index (κ2) is 9.31. The van der Waals surface area contributed by atoms with Gasteiger partial charge in [-0.15, -0.1) is 0 Å². The normalized spacial score (nSPS) is 23.2. The number of piperazine rings is 1. The molecule has 8 heteroatoms. The van der Waals surface area contributed by atoms with E-state index in [2.05, 4.69) is 4.90 Å². The molecule has 0 unspecified atom stereocenters. The van der Waals surface area contributed by atoms with E-state index in [1.807, 2.05) is 4.90 Å². The lowest BCUT2D eigenvalue weighted by Crippen LogP contribution is -2.66. The number of esters is 2. The summed E-state index contributed by atoms with van der Waals surface area (Å²) in [7, 11) is 0. The summed E-state index contributed by atoms with van der Waals surface area (Å²) >= 11 is 0. The second-order valence-corrected chi connectivity index (χ2v) is 6.42. The Morgan fingerprint density at radius 1 is 0.917 bits per heavy atom. The Hall–Kier alpha value is -1.22. The van der Waals surface area contributed by atoms with Gasteiger partial charge in [0, 0.05) is 32.5 Å². The Kier molecular flexibility index (Phi) is 7.41. The lowest BCUT2D eigenvalue weighted by atomic mass is 10.2. The van der Waals surface area contributed by atoms with Crippen LogP contribution in [0.2, 0.25) is 0 Å². The fourth-order valence-corrected chi connectivity index (χ4v) is 3.18. The van der Waals surface area contributed by atoms with E-state index in [-0.39, 0.29) is 11.9 Å². The van der Waals surface area contributed by atoms with Gasteiger partial charge in [0.05, 0.1) is 6.54 Å². The molecule has 4 N–H and O–H groups in total. The maximum Gasteiger partial charge on any atom is 0.333 e. The highest BCUT2D eigenvalue weighted by Crippen LogP contribution is 2.28. The van der Waals surface area contributed by atoms with Crippen molar-refractivity contribution in [3.8, 4) is 0 Å². The van der Waals surface area contributed by atoms with Crippen LogP contribution in [0, 0.1) is 0 Å². The van der Waals surface area contributed by atoms with Crippen molar-refractivity contribution in [1.82, 2.24) is 9.80 Å². The molecule has 8 nitrogen and oxygen atoms in total. The molecule has 2 aliphatic rings. The molecule has 0 aromatic heterocycles. The van der Waals surface area contributed by atoms with E-state index in [0.717, 1.165) is 25.9 Å². The third-order valence-corrected chi connectivity index (χ3v) is 4.46. The van der Waals surface area contributed by atoms with Crippen LogP contribution >= 0.6 is 0 Å². The molecule has 2 saturated heterocycles. The molecule has 2 fully saturated rings. The number of carbonyl (C=O) groups is 2. The average molecular weight is 342 g/mol. The Balaban J connectivity index is 2.21. The van der Waals surface area contributed by atoms with Crippen LogP contribution in [0.15, 0.2) is 0 Å². The van der Waals surface area contributed by atoms with Gasteiger partial charge >= 0.3 is 17.8 Å². The standard InChI is InChI=1S/C16H30N4O4/c17-7-3-9-19-11-12-20(10-4-8-18)16(13-19)23-14(21)5-1-2-6-15(22)24-16/h1-13,17-18H2. The monoisotopic (exact) mass is 342 g/mol. The maximum absolute atomic E-state index is 12.2. The van der Waals surface area contributed by atoms with Crippen molar-refractivity contribution in [1.29, 1.82) is 0 Å². The van der Waals surface area contributed by atoms with Crippen LogP contribution < -0.4 is 11.5 Å². The molecule has 0 aromatic rings. The van der Waals surface area contributed by atoms with Gasteiger partial charge in [-0.1, -0.05) is 0 Å². The van der Waals surface area contributed by atoms with Gasteiger partial charge in [-0.25, -0.2) is 4.90 Å². The van der Waals surface area contributed by atoms with Crippen LogP contribution in [0.25, 0.3) is 0 Å². The highest BCUT2D eigenvalue weighted by Gasteiger charge is 2.48.